The monoisotopic (exact) mass is 403 g/mol. The van der Waals surface area contributed by atoms with Gasteiger partial charge in [0, 0.05) is 17.0 Å². The molecule has 0 saturated carbocycles. The largest absolute Gasteiger partial charge is 0.269 e. The first-order valence-electron chi connectivity index (χ1n) is 8.90. The van der Waals surface area contributed by atoms with Gasteiger partial charge in [0.25, 0.3) is 5.69 Å². The maximum Gasteiger partial charge on any atom is 0.269 e. The van der Waals surface area contributed by atoms with Gasteiger partial charge in [-0.1, -0.05) is 30.3 Å². The van der Waals surface area contributed by atoms with E-state index in [1.165, 1.54) is 12.1 Å². The van der Waals surface area contributed by atoms with Crippen molar-refractivity contribution in [2.24, 2.45) is 5.10 Å². The normalized spacial score (nSPS) is 11.6. The van der Waals surface area contributed by atoms with Crippen molar-refractivity contribution in [3.05, 3.63) is 82.2 Å². The summed E-state index contributed by atoms with van der Waals surface area (Å²) in [5.74, 6) is 1.29. The van der Waals surface area contributed by atoms with E-state index in [2.05, 4.69) is 38.7 Å². The fourth-order valence-corrected chi connectivity index (χ4v) is 3.97. The Kier molecular flexibility index (Phi) is 5.01. The zero-order valence-electron chi connectivity index (χ0n) is 15.8. The van der Waals surface area contributed by atoms with Gasteiger partial charge >= 0.3 is 0 Å². The first kappa shape index (κ1) is 18.7. The molecule has 0 aliphatic carbocycles. The van der Waals surface area contributed by atoms with E-state index in [0.717, 1.165) is 26.2 Å². The lowest BCUT2D eigenvalue weighted by molar-refractivity contribution is -0.384. The minimum Gasteiger partial charge on any atom is -0.260 e. The van der Waals surface area contributed by atoms with Crippen molar-refractivity contribution >= 4 is 38.8 Å². The number of non-ortho nitro benzene ring substituents is 1. The Bertz CT molecular complexity index is 1220. The molecule has 2 aromatic heterocycles. The van der Waals surface area contributed by atoms with Gasteiger partial charge in [-0.15, -0.1) is 11.3 Å². The lowest BCUT2D eigenvalue weighted by atomic mass is 10.1. The first-order valence-corrected chi connectivity index (χ1v) is 9.71. The van der Waals surface area contributed by atoms with Crippen LogP contribution < -0.4 is 5.43 Å². The molecule has 29 heavy (non-hydrogen) atoms. The van der Waals surface area contributed by atoms with Gasteiger partial charge in [-0.2, -0.15) is 5.10 Å². The molecule has 144 valence electrons. The molecule has 4 rings (SSSR count). The van der Waals surface area contributed by atoms with Gasteiger partial charge in [0.1, 0.15) is 10.7 Å². The van der Waals surface area contributed by atoms with Crippen LogP contribution in [0, 0.1) is 17.0 Å². The predicted molar refractivity (Wildman–Crippen MR) is 117 cm³/mol. The maximum atomic E-state index is 10.8. The molecule has 1 N–H and O–H groups in total. The summed E-state index contributed by atoms with van der Waals surface area (Å²) in [7, 11) is 0. The van der Waals surface area contributed by atoms with Gasteiger partial charge < -0.3 is 0 Å². The number of nitrogens with one attached hydrogen (secondary N) is 1. The quantitative estimate of drug-likeness (QED) is 0.273. The van der Waals surface area contributed by atoms with E-state index in [-0.39, 0.29) is 5.69 Å². The Morgan fingerprint density at radius 1 is 1.10 bits per heavy atom. The molecule has 0 radical (unpaired) electrons. The number of fused-ring (bicyclic) bond motifs is 1. The predicted octanol–water partition coefficient (Wildman–Crippen LogP) is 5.41. The molecule has 2 aromatic carbocycles. The smallest absolute Gasteiger partial charge is 0.260 e. The van der Waals surface area contributed by atoms with Gasteiger partial charge in [0.2, 0.25) is 0 Å². The van der Waals surface area contributed by atoms with E-state index in [4.69, 9.17) is 0 Å². The SMILES string of the molecule is C/C(=N\Nc1nc(C)nc2sc(-c3ccccc3)cc12)c1ccc([N+](=O)[O-])cc1. The van der Waals surface area contributed by atoms with Crippen LogP contribution in [0.15, 0.2) is 65.8 Å². The molecule has 4 aromatic rings. The van der Waals surface area contributed by atoms with Crippen LogP contribution in [0.4, 0.5) is 11.5 Å². The summed E-state index contributed by atoms with van der Waals surface area (Å²) in [6.45, 7) is 3.68. The summed E-state index contributed by atoms with van der Waals surface area (Å²) < 4.78 is 0. The third-order valence-electron chi connectivity index (χ3n) is 4.39. The average molecular weight is 403 g/mol. The Balaban J connectivity index is 1.65. The van der Waals surface area contributed by atoms with E-state index in [1.54, 1.807) is 23.5 Å². The van der Waals surface area contributed by atoms with Crippen LogP contribution in [0.25, 0.3) is 20.7 Å². The van der Waals surface area contributed by atoms with Crippen molar-refractivity contribution in [3.8, 4) is 10.4 Å². The molecule has 0 spiro atoms. The number of nitro benzene ring substituents is 1. The maximum absolute atomic E-state index is 10.8. The zero-order chi connectivity index (χ0) is 20.4. The molecule has 0 aliphatic heterocycles. The third-order valence-corrected chi connectivity index (χ3v) is 5.47. The molecule has 7 nitrogen and oxygen atoms in total. The van der Waals surface area contributed by atoms with E-state index in [9.17, 15) is 10.1 Å². The fourth-order valence-electron chi connectivity index (χ4n) is 2.88. The number of anilines is 1. The lowest BCUT2D eigenvalue weighted by Gasteiger charge is -2.05. The molecule has 0 atom stereocenters. The molecule has 0 unspecified atom stereocenters. The molecule has 0 aliphatic rings. The van der Waals surface area contributed by atoms with Crippen molar-refractivity contribution in [2.45, 2.75) is 13.8 Å². The molecule has 0 fully saturated rings. The molecule has 0 saturated heterocycles. The van der Waals surface area contributed by atoms with Crippen LogP contribution in [-0.4, -0.2) is 20.6 Å². The van der Waals surface area contributed by atoms with Gasteiger partial charge in [-0.25, -0.2) is 9.97 Å². The van der Waals surface area contributed by atoms with E-state index >= 15 is 0 Å². The van der Waals surface area contributed by atoms with Crippen molar-refractivity contribution in [1.82, 2.24) is 9.97 Å². The Morgan fingerprint density at radius 2 is 1.83 bits per heavy atom. The Labute approximate surface area is 170 Å². The summed E-state index contributed by atoms with van der Waals surface area (Å²) in [4.78, 5) is 21.4. The first-order chi connectivity index (χ1) is 14.0. The topological polar surface area (TPSA) is 93.3 Å². The molecule has 8 heteroatoms. The second-order valence-corrected chi connectivity index (χ2v) is 7.46. The molecule has 2 heterocycles. The number of hydrazone groups is 1. The number of rotatable bonds is 5. The van der Waals surface area contributed by atoms with Crippen molar-refractivity contribution < 1.29 is 4.92 Å². The second-order valence-electron chi connectivity index (χ2n) is 6.43. The van der Waals surface area contributed by atoms with Crippen molar-refractivity contribution in [2.75, 3.05) is 5.43 Å². The zero-order valence-corrected chi connectivity index (χ0v) is 16.6. The van der Waals surface area contributed by atoms with Crippen LogP contribution in [0.5, 0.6) is 0 Å². The fraction of sp³-hybridized carbons (Fsp3) is 0.0952. The van der Waals surface area contributed by atoms with Gasteiger partial charge in [0.05, 0.1) is 16.0 Å². The minimum atomic E-state index is -0.421. The van der Waals surface area contributed by atoms with Crippen LogP contribution >= 0.6 is 11.3 Å². The standard InChI is InChI=1S/C21H17N5O2S/c1-13(15-8-10-17(11-9-15)26(27)28)24-25-20-18-12-19(16-6-4-3-5-7-16)29-21(18)23-14(2)22-20/h3-12H,1-2H3,(H,22,23,25)/b24-13+. The average Bonchev–Trinajstić information content (AvgIpc) is 3.16. The highest BCUT2D eigenvalue weighted by Gasteiger charge is 2.12. The summed E-state index contributed by atoms with van der Waals surface area (Å²) in [6.07, 6.45) is 0. The minimum absolute atomic E-state index is 0.0503. The number of aryl methyl sites for hydroxylation is 1. The highest BCUT2D eigenvalue weighted by Crippen LogP contribution is 2.35. The Morgan fingerprint density at radius 3 is 2.52 bits per heavy atom. The Hall–Kier alpha value is -3.65. The van der Waals surface area contributed by atoms with Crippen LogP contribution in [-0.2, 0) is 0 Å². The van der Waals surface area contributed by atoms with Gasteiger partial charge in [0.15, 0.2) is 5.82 Å². The molecule has 0 amide bonds. The third kappa shape index (κ3) is 3.97. The molecule has 0 bridgehead atoms. The number of hydrogen-bond acceptors (Lipinski definition) is 7. The van der Waals surface area contributed by atoms with Gasteiger partial charge in [-0.05, 0) is 43.2 Å². The number of nitro groups is 1. The number of thiophene rings is 1. The molecular formula is C21H17N5O2S. The summed E-state index contributed by atoms with van der Waals surface area (Å²) in [5.41, 5.74) is 5.71. The van der Waals surface area contributed by atoms with Crippen LogP contribution in [0.1, 0.15) is 18.3 Å². The van der Waals surface area contributed by atoms with Gasteiger partial charge in [-0.3, -0.25) is 15.5 Å². The van der Waals surface area contributed by atoms with Crippen LogP contribution in [0.3, 0.4) is 0 Å². The molecular weight excluding hydrogens is 386 g/mol. The summed E-state index contributed by atoms with van der Waals surface area (Å²) in [6, 6.07) is 18.5. The number of nitrogens with zero attached hydrogens (tertiary/aromatic N) is 4. The summed E-state index contributed by atoms with van der Waals surface area (Å²) >= 11 is 1.61. The van der Waals surface area contributed by atoms with Crippen molar-refractivity contribution in [1.29, 1.82) is 0 Å². The van der Waals surface area contributed by atoms with E-state index < -0.39 is 4.92 Å². The van der Waals surface area contributed by atoms with Crippen LogP contribution in [0.2, 0.25) is 0 Å². The number of aromatic nitrogens is 2. The lowest BCUT2D eigenvalue weighted by Crippen LogP contribution is -2.02. The second kappa shape index (κ2) is 7.76. The highest BCUT2D eigenvalue weighted by molar-refractivity contribution is 7.21. The number of benzene rings is 2. The summed E-state index contributed by atoms with van der Waals surface area (Å²) in [5, 5.41) is 16.1. The van der Waals surface area contributed by atoms with Crippen molar-refractivity contribution in [3.63, 3.8) is 0 Å². The highest BCUT2D eigenvalue weighted by atomic mass is 32.1. The number of hydrogen-bond donors (Lipinski definition) is 1. The van der Waals surface area contributed by atoms with E-state index in [0.29, 0.717) is 17.4 Å². The van der Waals surface area contributed by atoms with E-state index in [1.807, 2.05) is 32.0 Å².